The van der Waals surface area contributed by atoms with Crippen LogP contribution < -0.4 is 5.73 Å². The van der Waals surface area contributed by atoms with E-state index in [1.54, 1.807) is 12.1 Å². The van der Waals surface area contributed by atoms with Gasteiger partial charge in [0.1, 0.15) is 5.82 Å². The van der Waals surface area contributed by atoms with E-state index in [0.29, 0.717) is 35.1 Å². The number of aromatic nitrogens is 4. The average molecular weight is 402 g/mol. The van der Waals surface area contributed by atoms with Crippen LogP contribution >= 0.6 is 15.9 Å². The molecule has 1 aromatic carbocycles. The predicted octanol–water partition coefficient (Wildman–Crippen LogP) is 0.779. The minimum Gasteiger partial charge on any atom is -0.402 e. The SMILES string of the molecule is NC(CCCCOB(O)O)c1nnnn1Cc1ccc(Br)cc1F. The van der Waals surface area contributed by atoms with Crippen LogP contribution in [0.3, 0.4) is 0 Å². The first-order valence-electron chi connectivity index (χ1n) is 7.40. The second-order valence-corrected chi connectivity index (χ2v) is 6.15. The quantitative estimate of drug-likeness (QED) is 0.419. The van der Waals surface area contributed by atoms with Gasteiger partial charge in [-0.05, 0) is 41.8 Å². The topological polar surface area (TPSA) is 119 Å². The van der Waals surface area contributed by atoms with Gasteiger partial charge in [0.25, 0.3) is 0 Å². The molecule has 0 saturated carbocycles. The fourth-order valence-electron chi connectivity index (χ4n) is 2.19. The van der Waals surface area contributed by atoms with Gasteiger partial charge in [-0.15, -0.1) is 5.10 Å². The van der Waals surface area contributed by atoms with E-state index < -0.39 is 13.4 Å². The molecule has 0 amide bonds. The number of hydrogen-bond donors (Lipinski definition) is 3. The van der Waals surface area contributed by atoms with E-state index in [0.717, 1.165) is 0 Å². The summed E-state index contributed by atoms with van der Waals surface area (Å²) in [5.74, 6) is 0.125. The van der Waals surface area contributed by atoms with Gasteiger partial charge < -0.3 is 20.4 Å². The van der Waals surface area contributed by atoms with Crippen LogP contribution in [-0.2, 0) is 11.2 Å². The minimum absolute atomic E-state index is 0.189. The number of tetrazole rings is 1. The molecule has 0 aliphatic rings. The normalized spacial score (nSPS) is 12.4. The van der Waals surface area contributed by atoms with E-state index in [1.807, 2.05) is 0 Å². The first kappa shape index (κ1) is 18.9. The first-order chi connectivity index (χ1) is 11.5. The molecule has 1 atom stereocenters. The molecular weight excluding hydrogens is 384 g/mol. The van der Waals surface area contributed by atoms with Crippen molar-refractivity contribution in [2.24, 2.45) is 5.73 Å². The van der Waals surface area contributed by atoms with Gasteiger partial charge in [-0.2, -0.15) is 0 Å². The molecule has 0 aliphatic heterocycles. The third-order valence-electron chi connectivity index (χ3n) is 3.40. The van der Waals surface area contributed by atoms with E-state index >= 15 is 0 Å². The molecule has 0 fully saturated rings. The lowest BCUT2D eigenvalue weighted by atomic mass is 10.1. The zero-order valence-corrected chi connectivity index (χ0v) is 14.4. The van der Waals surface area contributed by atoms with Crippen LogP contribution in [0.25, 0.3) is 0 Å². The van der Waals surface area contributed by atoms with Gasteiger partial charge in [0.05, 0.1) is 12.6 Å². The second-order valence-electron chi connectivity index (χ2n) is 5.23. The van der Waals surface area contributed by atoms with Crippen molar-refractivity contribution < 1.29 is 19.1 Å². The highest BCUT2D eigenvalue weighted by Gasteiger charge is 2.16. The highest BCUT2D eigenvalue weighted by atomic mass is 79.9. The van der Waals surface area contributed by atoms with Gasteiger partial charge >= 0.3 is 7.32 Å². The Labute approximate surface area is 147 Å². The Bertz CT molecular complexity index is 660. The van der Waals surface area contributed by atoms with Crippen molar-refractivity contribution in [1.82, 2.24) is 20.2 Å². The van der Waals surface area contributed by atoms with Crippen molar-refractivity contribution in [3.8, 4) is 0 Å². The van der Waals surface area contributed by atoms with E-state index in [9.17, 15) is 4.39 Å². The predicted molar refractivity (Wildman–Crippen MR) is 87.9 cm³/mol. The third kappa shape index (κ3) is 5.60. The van der Waals surface area contributed by atoms with Crippen LogP contribution in [0.15, 0.2) is 22.7 Å². The lowest BCUT2D eigenvalue weighted by molar-refractivity contribution is 0.181. The molecule has 0 saturated heterocycles. The van der Waals surface area contributed by atoms with Crippen LogP contribution in [-0.4, -0.2) is 44.2 Å². The van der Waals surface area contributed by atoms with Crippen molar-refractivity contribution in [1.29, 1.82) is 0 Å². The van der Waals surface area contributed by atoms with Crippen LogP contribution in [0.2, 0.25) is 0 Å². The summed E-state index contributed by atoms with van der Waals surface area (Å²) in [6.45, 7) is 0.411. The van der Waals surface area contributed by atoms with Crippen molar-refractivity contribution in [2.75, 3.05) is 6.61 Å². The van der Waals surface area contributed by atoms with Gasteiger partial charge in [0, 0.05) is 16.6 Å². The number of hydrogen-bond acceptors (Lipinski definition) is 7. The van der Waals surface area contributed by atoms with E-state index in [4.69, 9.17) is 15.8 Å². The first-order valence-corrected chi connectivity index (χ1v) is 8.20. The molecule has 24 heavy (non-hydrogen) atoms. The van der Waals surface area contributed by atoms with Crippen molar-refractivity contribution in [2.45, 2.75) is 31.8 Å². The lowest BCUT2D eigenvalue weighted by Crippen LogP contribution is -2.19. The lowest BCUT2D eigenvalue weighted by Gasteiger charge is -2.12. The Balaban J connectivity index is 1.91. The van der Waals surface area contributed by atoms with Crippen LogP contribution in [0.5, 0.6) is 0 Å². The average Bonchev–Trinajstić information content (AvgIpc) is 2.97. The molecular formula is C13H18BBrFN5O3. The zero-order valence-electron chi connectivity index (χ0n) is 12.8. The van der Waals surface area contributed by atoms with E-state index in [1.165, 1.54) is 10.7 Å². The zero-order chi connectivity index (χ0) is 17.5. The van der Waals surface area contributed by atoms with Crippen LogP contribution in [0.4, 0.5) is 4.39 Å². The van der Waals surface area contributed by atoms with Gasteiger partial charge in [-0.1, -0.05) is 22.0 Å². The summed E-state index contributed by atoms with van der Waals surface area (Å²) in [6, 6.07) is 4.39. The number of rotatable bonds is 9. The standard InChI is InChI=1S/C13H18BBrFN5O3/c15-10-5-4-9(11(16)7-10)8-21-13(18-19-20-21)12(17)3-1-2-6-24-14(22)23/h4-5,7,12,22-23H,1-3,6,8,17H2. The van der Waals surface area contributed by atoms with E-state index in [-0.39, 0.29) is 19.0 Å². The maximum atomic E-state index is 13.9. The molecule has 130 valence electrons. The largest absolute Gasteiger partial charge is 0.633 e. The summed E-state index contributed by atoms with van der Waals surface area (Å²) >= 11 is 3.21. The summed E-state index contributed by atoms with van der Waals surface area (Å²) in [4.78, 5) is 0. The number of benzene rings is 1. The summed E-state index contributed by atoms with van der Waals surface area (Å²) in [5, 5.41) is 28.5. The van der Waals surface area contributed by atoms with Gasteiger partial charge in [0.15, 0.2) is 5.82 Å². The molecule has 0 bridgehead atoms. The van der Waals surface area contributed by atoms with Crippen molar-refractivity contribution in [3.05, 3.63) is 39.9 Å². The summed E-state index contributed by atoms with van der Waals surface area (Å²) in [6.07, 6.45) is 1.91. The van der Waals surface area contributed by atoms with E-state index in [2.05, 4.69) is 36.1 Å². The summed E-state index contributed by atoms with van der Waals surface area (Å²) < 4.78 is 20.7. The molecule has 0 aliphatic carbocycles. The molecule has 2 aromatic rings. The molecule has 0 radical (unpaired) electrons. The molecule has 8 nitrogen and oxygen atoms in total. The van der Waals surface area contributed by atoms with Crippen LogP contribution in [0.1, 0.15) is 36.7 Å². The molecule has 1 unspecified atom stereocenters. The third-order valence-corrected chi connectivity index (χ3v) is 3.90. The van der Waals surface area contributed by atoms with Crippen molar-refractivity contribution >= 4 is 23.3 Å². The van der Waals surface area contributed by atoms with Gasteiger partial charge in [-0.25, -0.2) is 9.07 Å². The fraction of sp³-hybridized carbons (Fsp3) is 0.462. The Morgan fingerprint density at radius 2 is 2.17 bits per heavy atom. The maximum Gasteiger partial charge on any atom is 0.633 e. The fourth-order valence-corrected chi connectivity index (χ4v) is 2.52. The molecule has 1 heterocycles. The highest BCUT2D eigenvalue weighted by molar-refractivity contribution is 9.10. The Morgan fingerprint density at radius 3 is 2.88 bits per heavy atom. The number of nitrogens with zero attached hydrogens (tertiary/aromatic N) is 4. The highest BCUT2D eigenvalue weighted by Crippen LogP contribution is 2.18. The molecule has 11 heteroatoms. The van der Waals surface area contributed by atoms with Gasteiger partial charge in [0.2, 0.25) is 0 Å². The molecule has 4 N–H and O–H groups in total. The van der Waals surface area contributed by atoms with Gasteiger partial charge in [-0.3, -0.25) is 0 Å². The number of halogens is 2. The second kappa shape index (κ2) is 9.18. The van der Waals surface area contributed by atoms with Crippen molar-refractivity contribution in [3.63, 3.8) is 0 Å². The summed E-state index contributed by atoms with van der Waals surface area (Å²) in [7, 11) is -1.76. The maximum absolute atomic E-state index is 13.9. The molecule has 0 spiro atoms. The minimum atomic E-state index is -1.76. The monoisotopic (exact) mass is 401 g/mol. The Kier molecular flexibility index (Phi) is 7.25. The van der Waals surface area contributed by atoms with Crippen LogP contribution in [0, 0.1) is 5.82 Å². The molecule has 1 aromatic heterocycles. The number of nitrogens with two attached hydrogens (primary N) is 1. The molecule has 2 rings (SSSR count). The smallest absolute Gasteiger partial charge is 0.402 e. The Hall–Kier alpha value is -1.40. The number of unbranched alkanes of at least 4 members (excludes halogenated alkanes) is 1. The summed E-state index contributed by atoms with van der Waals surface area (Å²) in [5.41, 5.74) is 6.56. The Morgan fingerprint density at radius 1 is 1.38 bits per heavy atom.